The number of nitrogens with one attached hydrogen (secondary N) is 1. The van der Waals surface area contributed by atoms with Crippen molar-refractivity contribution in [1.82, 2.24) is 5.32 Å². The van der Waals surface area contributed by atoms with Crippen LogP contribution in [0.15, 0.2) is 42.5 Å². The molecule has 4 nitrogen and oxygen atoms in total. The zero-order chi connectivity index (χ0) is 15.2. The third-order valence-corrected chi connectivity index (χ3v) is 3.42. The molecule has 110 valence electrons. The molecule has 0 fully saturated rings. The number of phenols is 1. The topological polar surface area (TPSA) is 58.6 Å². The molecule has 1 amide bonds. The molecular weight excluding hydrogens is 266 g/mol. The van der Waals surface area contributed by atoms with E-state index in [9.17, 15) is 9.90 Å². The average molecular weight is 285 g/mol. The molecule has 0 atom stereocenters. The molecule has 2 rings (SSSR count). The Hall–Kier alpha value is -2.49. The number of carbonyl (C=O) groups excluding carboxylic acids is 1. The fourth-order valence-electron chi connectivity index (χ4n) is 2.18. The van der Waals surface area contributed by atoms with E-state index in [0.29, 0.717) is 24.1 Å². The van der Waals surface area contributed by atoms with Crippen molar-refractivity contribution < 1.29 is 14.6 Å². The summed E-state index contributed by atoms with van der Waals surface area (Å²) in [5, 5.41) is 12.5. The largest absolute Gasteiger partial charge is 0.508 e. The second-order valence-corrected chi connectivity index (χ2v) is 4.77. The van der Waals surface area contributed by atoms with E-state index in [-0.39, 0.29) is 11.7 Å². The van der Waals surface area contributed by atoms with Gasteiger partial charge in [-0.1, -0.05) is 24.3 Å². The number of hydrogen-bond acceptors (Lipinski definition) is 3. The number of rotatable bonds is 5. The summed E-state index contributed by atoms with van der Waals surface area (Å²) in [6.07, 6.45) is 0.688. The van der Waals surface area contributed by atoms with Gasteiger partial charge in [-0.2, -0.15) is 0 Å². The van der Waals surface area contributed by atoms with Crippen LogP contribution < -0.4 is 10.1 Å². The Morgan fingerprint density at radius 1 is 1.19 bits per heavy atom. The highest BCUT2D eigenvalue weighted by molar-refractivity contribution is 5.96. The van der Waals surface area contributed by atoms with Gasteiger partial charge in [-0.3, -0.25) is 4.79 Å². The van der Waals surface area contributed by atoms with Crippen molar-refractivity contribution in [3.05, 3.63) is 59.2 Å². The number of methoxy groups -OCH3 is 1. The highest BCUT2D eigenvalue weighted by Gasteiger charge is 2.11. The molecule has 0 heterocycles. The van der Waals surface area contributed by atoms with Crippen molar-refractivity contribution >= 4 is 5.91 Å². The number of para-hydroxylation sites is 1. The Kier molecular flexibility index (Phi) is 4.82. The lowest BCUT2D eigenvalue weighted by Gasteiger charge is -2.10. The molecule has 0 aliphatic heterocycles. The summed E-state index contributed by atoms with van der Waals surface area (Å²) in [6, 6.07) is 12.7. The smallest absolute Gasteiger partial charge is 0.251 e. The number of benzene rings is 2. The summed E-state index contributed by atoms with van der Waals surface area (Å²) in [4.78, 5) is 12.1. The van der Waals surface area contributed by atoms with Gasteiger partial charge in [-0.05, 0) is 37.1 Å². The highest BCUT2D eigenvalue weighted by Crippen LogP contribution is 2.20. The lowest BCUT2D eigenvalue weighted by Crippen LogP contribution is -2.26. The Balaban J connectivity index is 1.97. The zero-order valence-corrected chi connectivity index (χ0v) is 12.2. The lowest BCUT2D eigenvalue weighted by molar-refractivity contribution is 0.0953. The Bertz CT molecular complexity index is 638. The van der Waals surface area contributed by atoms with Gasteiger partial charge >= 0.3 is 0 Å². The average Bonchev–Trinajstić information content (AvgIpc) is 2.50. The van der Waals surface area contributed by atoms with Gasteiger partial charge in [0.2, 0.25) is 0 Å². The van der Waals surface area contributed by atoms with E-state index in [0.717, 1.165) is 11.3 Å². The second-order valence-electron chi connectivity index (χ2n) is 4.77. The summed E-state index contributed by atoms with van der Waals surface area (Å²) in [7, 11) is 1.63. The third-order valence-electron chi connectivity index (χ3n) is 3.42. The van der Waals surface area contributed by atoms with Crippen LogP contribution in [0.25, 0.3) is 0 Å². The molecule has 2 aromatic rings. The maximum atomic E-state index is 12.1. The van der Waals surface area contributed by atoms with E-state index >= 15 is 0 Å². The molecule has 0 saturated heterocycles. The van der Waals surface area contributed by atoms with E-state index in [1.807, 2.05) is 24.3 Å². The molecule has 0 saturated carbocycles. The van der Waals surface area contributed by atoms with Gasteiger partial charge in [0.25, 0.3) is 5.91 Å². The van der Waals surface area contributed by atoms with Crippen LogP contribution in [-0.4, -0.2) is 24.7 Å². The number of aromatic hydroxyl groups is 1. The van der Waals surface area contributed by atoms with E-state index in [2.05, 4.69) is 5.32 Å². The van der Waals surface area contributed by atoms with E-state index in [1.165, 1.54) is 0 Å². The van der Waals surface area contributed by atoms with Gasteiger partial charge in [0.05, 0.1) is 7.11 Å². The molecular formula is C17H19NO3. The minimum absolute atomic E-state index is 0.132. The number of phenolic OH excluding ortho intramolecular Hbond substituents is 1. The molecule has 0 aliphatic rings. The molecule has 0 aliphatic carbocycles. The van der Waals surface area contributed by atoms with E-state index < -0.39 is 0 Å². The first kappa shape index (κ1) is 14.9. The summed E-state index contributed by atoms with van der Waals surface area (Å²) in [6.45, 7) is 2.23. The van der Waals surface area contributed by atoms with Crippen molar-refractivity contribution in [2.45, 2.75) is 13.3 Å². The standard InChI is InChI=1S/C17H19NO3/c1-12-14(7-5-8-15(12)19)17(20)18-11-10-13-6-3-4-9-16(13)21-2/h3-9,19H,10-11H2,1-2H3,(H,18,20). The monoisotopic (exact) mass is 285 g/mol. The predicted molar refractivity (Wildman–Crippen MR) is 81.9 cm³/mol. The molecule has 0 spiro atoms. The van der Waals surface area contributed by atoms with Crippen LogP contribution in [0, 0.1) is 6.92 Å². The van der Waals surface area contributed by atoms with Crippen LogP contribution in [0.3, 0.4) is 0 Å². The van der Waals surface area contributed by atoms with Gasteiger partial charge in [0.1, 0.15) is 11.5 Å². The molecule has 0 radical (unpaired) electrons. The van der Waals surface area contributed by atoms with Crippen molar-refractivity contribution in [2.75, 3.05) is 13.7 Å². The molecule has 0 unspecified atom stereocenters. The predicted octanol–water partition coefficient (Wildman–Crippen LogP) is 2.68. The number of carbonyl (C=O) groups is 1. The van der Waals surface area contributed by atoms with E-state index in [1.54, 1.807) is 32.2 Å². The minimum atomic E-state index is -0.182. The summed E-state index contributed by atoms with van der Waals surface area (Å²) in [5.41, 5.74) is 2.13. The Morgan fingerprint density at radius 2 is 1.95 bits per heavy atom. The Labute approximate surface area is 124 Å². The molecule has 4 heteroatoms. The Morgan fingerprint density at radius 3 is 2.71 bits per heavy atom. The molecule has 2 N–H and O–H groups in total. The summed E-state index contributed by atoms with van der Waals surface area (Å²) < 4.78 is 5.28. The van der Waals surface area contributed by atoms with Crippen LogP contribution in [0.5, 0.6) is 11.5 Å². The fourth-order valence-corrected chi connectivity index (χ4v) is 2.18. The minimum Gasteiger partial charge on any atom is -0.508 e. The van der Waals surface area contributed by atoms with Gasteiger partial charge in [-0.25, -0.2) is 0 Å². The van der Waals surface area contributed by atoms with Crippen LogP contribution in [0.2, 0.25) is 0 Å². The molecule has 0 bridgehead atoms. The molecule has 0 aromatic heterocycles. The number of ether oxygens (including phenoxy) is 1. The van der Waals surface area contributed by atoms with Gasteiger partial charge in [-0.15, -0.1) is 0 Å². The van der Waals surface area contributed by atoms with Crippen molar-refractivity contribution in [1.29, 1.82) is 0 Å². The van der Waals surface area contributed by atoms with Crippen LogP contribution in [0.1, 0.15) is 21.5 Å². The first-order valence-corrected chi connectivity index (χ1v) is 6.82. The quantitative estimate of drug-likeness (QED) is 0.888. The van der Waals surface area contributed by atoms with Crippen molar-refractivity contribution in [2.24, 2.45) is 0 Å². The molecule has 21 heavy (non-hydrogen) atoms. The zero-order valence-electron chi connectivity index (χ0n) is 12.2. The summed E-state index contributed by atoms with van der Waals surface area (Å²) in [5.74, 6) is 0.769. The van der Waals surface area contributed by atoms with Gasteiger partial charge in [0, 0.05) is 17.7 Å². The number of amides is 1. The van der Waals surface area contributed by atoms with Crippen molar-refractivity contribution in [3.8, 4) is 11.5 Å². The normalized spacial score (nSPS) is 10.2. The van der Waals surface area contributed by atoms with Crippen LogP contribution >= 0.6 is 0 Å². The fraction of sp³-hybridized carbons (Fsp3) is 0.235. The van der Waals surface area contributed by atoms with Crippen LogP contribution in [0.4, 0.5) is 0 Å². The third kappa shape index (κ3) is 3.54. The maximum Gasteiger partial charge on any atom is 0.251 e. The van der Waals surface area contributed by atoms with E-state index in [4.69, 9.17) is 4.74 Å². The lowest BCUT2D eigenvalue weighted by atomic mass is 10.1. The van der Waals surface area contributed by atoms with Gasteiger partial charge in [0.15, 0.2) is 0 Å². The van der Waals surface area contributed by atoms with Crippen LogP contribution in [-0.2, 0) is 6.42 Å². The first-order chi connectivity index (χ1) is 10.1. The number of hydrogen-bond donors (Lipinski definition) is 2. The summed E-state index contributed by atoms with van der Waals surface area (Å²) >= 11 is 0. The SMILES string of the molecule is COc1ccccc1CCNC(=O)c1cccc(O)c1C. The van der Waals surface area contributed by atoms with Crippen molar-refractivity contribution in [3.63, 3.8) is 0 Å². The second kappa shape index (κ2) is 6.79. The maximum absolute atomic E-state index is 12.1. The highest BCUT2D eigenvalue weighted by atomic mass is 16.5. The van der Waals surface area contributed by atoms with Gasteiger partial charge < -0.3 is 15.2 Å². The first-order valence-electron chi connectivity index (χ1n) is 6.82. The molecule has 2 aromatic carbocycles.